The number of fused-ring (bicyclic) bond motifs is 1. The first-order valence-electron chi connectivity index (χ1n) is 5.47. The van der Waals surface area contributed by atoms with E-state index < -0.39 is 0 Å². The number of hydrogen-bond acceptors (Lipinski definition) is 3. The molecule has 0 radical (unpaired) electrons. The monoisotopic (exact) mass is 219 g/mol. The van der Waals surface area contributed by atoms with Crippen molar-refractivity contribution in [3.05, 3.63) is 35.8 Å². The molecule has 0 aliphatic rings. The first-order chi connectivity index (χ1) is 7.70. The number of aliphatic hydroxyl groups excluding tert-OH is 1. The van der Waals surface area contributed by atoms with E-state index in [1.165, 1.54) is 5.56 Å². The van der Waals surface area contributed by atoms with Gasteiger partial charge in [-0.15, -0.1) is 0 Å². The molecule has 0 aliphatic carbocycles. The van der Waals surface area contributed by atoms with E-state index in [0.717, 1.165) is 11.3 Å². The van der Waals surface area contributed by atoms with E-state index in [1.54, 1.807) is 0 Å². The van der Waals surface area contributed by atoms with E-state index in [2.05, 4.69) is 33.9 Å². The van der Waals surface area contributed by atoms with Crippen LogP contribution in [0.4, 0.5) is 0 Å². The molecule has 0 amide bonds. The normalized spacial score (nSPS) is 13.2. The summed E-state index contributed by atoms with van der Waals surface area (Å²) in [4.78, 5) is 4.32. The Hall–Kier alpha value is -1.39. The summed E-state index contributed by atoms with van der Waals surface area (Å²) in [6.07, 6.45) is 3.94. The molecule has 0 saturated heterocycles. The Morgan fingerprint density at radius 1 is 1.50 bits per heavy atom. The quantitative estimate of drug-likeness (QED) is 0.810. The van der Waals surface area contributed by atoms with Gasteiger partial charge in [-0.2, -0.15) is 0 Å². The molecular formula is C12H17N3O. The topological polar surface area (TPSA) is 49.6 Å². The van der Waals surface area contributed by atoms with Crippen LogP contribution in [0.5, 0.6) is 0 Å². The number of imidazole rings is 1. The fraction of sp³-hybridized carbons (Fsp3) is 0.417. The maximum absolute atomic E-state index is 8.94. The van der Waals surface area contributed by atoms with Crippen LogP contribution >= 0.6 is 0 Å². The molecule has 2 aromatic rings. The van der Waals surface area contributed by atoms with Gasteiger partial charge in [0.15, 0.2) is 0 Å². The Morgan fingerprint density at radius 3 is 3.06 bits per heavy atom. The Balaban J connectivity index is 2.21. The van der Waals surface area contributed by atoms with Crippen LogP contribution in [0.15, 0.2) is 24.5 Å². The van der Waals surface area contributed by atoms with Gasteiger partial charge in [0.05, 0.1) is 18.5 Å². The second-order valence-corrected chi connectivity index (χ2v) is 4.15. The van der Waals surface area contributed by atoms with Crippen LogP contribution in [0.1, 0.15) is 18.2 Å². The van der Waals surface area contributed by atoms with Crippen molar-refractivity contribution in [2.75, 3.05) is 6.61 Å². The SMILES string of the molecule is Cc1ccc2ncc(CN[C@@H](C)CO)n2c1. The number of pyridine rings is 1. The number of hydrogen-bond donors (Lipinski definition) is 2. The van der Waals surface area contributed by atoms with Gasteiger partial charge in [0.1, 0.15) is 5.65 Å². The number of aliphatic hydroxyl groups is 1. The Bertz CT molecular complexity index is 478. The van der Waals surface area contributed by atoms with E-state index in [-0.39, 0.29) is 12.6 Å². The van der Waals surface area contributed by atoms with Gasteiger partial charge in [-0.25, -0.2) is 4.98 Å². The molecule has 4 nitrogen and oxygen atoms in total. The molecule has 0 aromatic carbocycles. The highest BCUT2D eigenvalue weighted by molar-refractivity contribution is 5.41. The summed E-state index contributed by atoms with van der Waals surface area (Å²) in [5.74, 6) is 0. The molecule has 16 heavy (non-hydrogen) atoms. The largest absolute Gasteiger partial charge is 0.395 e. The summed E-state index contributed by atoms with van der Waals surface area (Å²) in [6, 6.07) is 4.17. The molecule has 0 aliphatic heterocycles. The zero-order chi connectivity index (χ0) is 11.5. The zero-order valence-corrected chi connectivity index (χ0v) is 9.64. The highest BCUT2D eigenvalue weighted by atomic mass is 16.3. The minimum atomic E-state index is 0.107. The highest BCUT2D eigenvalue weighted by Crippen LogP contribution is 2.08. The minimum Gasteiger partial charge on any atom is -0.395 e. The van der Waals surface area contributed by atoms with Gasteiger partial charge < -0.3 is 14.8 Å². The summed E-state index contributed by atoms with van der Waals surface area (Å²) in [5.41, 5.74) is 3.28. The van der Waals surface area contributed by atoms with Gasteiger partial charge in [-0.3, -0.25) is 0 Å². The maximum atomic E-state index is 8.94. The fourth-order valence-electron chi connectivity index (χ4n) is 1.61. The molecule has 2 heterocycles. The molecule has 0 fully saturated rings. The van der Waals surface area contributed by atoms with Crippen LogP contribution in [0.2, 0.25) is 0 Å². The van der Waals surface area contributed by atoms with Gasteiger partial charge in [-0.05, 0) is 25.5 Å². The van der Waals surface area contributed by atoms with Crippen LogP contribution in [0.3, 0.4) is 0 Å². The number of nitrogens with one attached hydrogen (secondary N) is 1. The van der Waals surface area contributed by atoms with Crippen molar-refractivity contribution in [2.24, 2.45) is 0 Å². The smallest absolute Gasteiger partial charge is 0.136 e. The average molecular weight is 219 g/mol. The van der Waals surface area contributed by atoms with E-state index in [0.29, 0.717) is 6.54 Å². The summed E-state index contributed by atoms with van der Waals surface area (Å²) >= 11 is 0. The third-order valence-corrected chi connectivity index (χ3v) is 2.64. The molecule has 4 heteroatoms. The predicted molar refractivity (Wildman–Crippen MR) is 63.3 cm³/mol. The van der Waals surface area contributed by atoms with E-state index in [1.807, 2.05) is 19.2 Å². The molecule has 0 bridgehead atoms. The number of aromatic nitrogens is 2. The lowest BCUT2D eigenvalue weighted by Gasteiger charge is -2.10. The van der Waals surface area contributed by atoms with Gasteiger partial charge >= 0.3 is 0 Å². The lowest BCUT2D eigenvalue weighted by atomic mass is 10.3. The molecule has 1 atom stereocenters. The molecule has 2 N–H and O–H groups in total. The first kappa shape index (κ1) is 11.1. The summed E-state index contributed by atoms with van der Waals surface area (Å²) in [7, 11) is 0. The first-order valence-corrected chi connectivity index (χ1v) is 5.47. The van der Waals surface area contributed by atoms with Crippen LogP contribution in [-0.4, -0.2) is 27.1 Å². The van der Waals surface area contributed by atoms with Gasteiger partial charge in [0, 0.05) is 18.8 Å². The Morgan fingerprint density at radius 2 is 2.31 bits per heavy atom. The van der Waals surface area contributed by atoms with Crippen molar-refractivity contribution >= 4 is 5.65 Å². The van der Waals surface area contributed by atoms with Gasteiger partial charge in [-0.1, -0.05) is 6.07 Å². The third-order valence-electron chi connectivity index (χ3n) is 2.64. The van der Waals surface area contributed by atoms with E-state index in [9.17, 15) is 0 Å². The van der Waals surface area contributed by atoms with Gasteiger partial charge in [0.25, 0.3) is 0 Å². The van der Waals surface area contributed by atoms with Crippen LogP contribution in [0.25, 0.3) is 5.65 Å². The third kappa shape index (κ3) is 2.23. The number of aryl methyl sites for hydroxylation is 1. The standard InChI is InChI=1S/C12H17N3O/c1-9-3-4-12-14-6-11(15(12)7-9)5-13-10(2)8-16/h3-4,6-7,10,13,16H,5,8H2,1-2H3/t10-/m0/s1. The zero-order valence-electron chi connectivity index (χ0n) is 9.64. The second kappa shape index (κ2) is 4.63. The number of rotatable bonds is 4. The van der Waals surface area contributed by atoms with Crippen molar-refractivity contribution in [2.45, 2.75) is 26.4 Å². The molecule has 2 aromatic heterocycles. The van der Waals surface area contributed by atoms with Crippen molar-refractivity contribution in [1.82, 2.24) is 14.7 Å². The average Bonchev–Trinajstić information content (AvgIpc) is 2.68. The summed E-state index contributed by atoms with van der Waals surface area (Å²) in [5, 5.41) is 12.2. The summed E-state index contributed by atoms with van der Waals surface area (Å²) in [6.45, 7) is 4.88. The van der Waals surface area contributed by atoms with Gasteiger partial charge in [0.2, 0.25) is 0 Å². The number of nitrogens with zero attached hydrogens (tertiary/aromatic N) is 2. The van der Waals surface area contributed by atoms with Crippen LogP contribution < -0.4 is 5.32 Å². The second-order valence-electron chi connectivity index (χ2n) is 4.15. The molecule has 86 valence electrons. The van der Waals surface area contributed by atoms with E-state index >= 15 is 0 Å². The Labute approximate surface area is 94.9 Å². The molecule has 0 unspecified atom stereocenters. The van der Waals surface area contributed by atoms with Crippen molar-refractivity contribution in [1.29, 1.82) is 0 Å². The van der Waals surface area contributed by atoms with Crippen LogP contribution in [0, 0.1) is 6.92 Å². The minimum absolute atomic E-state index is 0.107. The van der Waals surface area contributed by atoms with Crippen molar-refractivity contribution in [3.63, 3.8) is 0 Å². The lowest BCUT2D eigenvalue weighted by Crippen LogP contribution is -2.29. The fourth-order valence-corrected chi connectivity index (χ4v) is 1.61. The van der Waals surface area contributed by atoms with Crippen molar-refractivity contribution in [3.8, 4) is 0 Å². The predicted octanol–water partition coefficient (Wildman–Crippen LogP) is 1.11. The van der Waals surface area contributed by atoms with Crippen molar-refractivity contribution < 1.29 is 5.11 Å². The maximum Gasteiger partial charge on any atom is 0.136 e. The highest BCUT2D eigenvalue weighted by Gasteiger charge is 2.04. The lowest BCUT2D eigenvalue weighted by molar-refractivity contribution is 0.250. The molecule has 2 rings (SSSR count). The molecule has 0 spiro atoms. The summed E-state index contributed by atoms with van der Waals surface area (Å²) < 4.78 is 2.08. The van der Waals surface area contributed by atoms with Crippen LogP contribution in [-0.2, 0) is 6.54 Å². The molecule has 0 saturated carbocycles. The van der Waals surface area contributed by atoms with E-state index in [4.69, 9.17) is 5.11 Å². The molecular weight excluding hydrogens is 202 g/mol. The Kier molecular flexibility index (Phi) is 3.22.